The summed E-state index contributed by atoms with van der Waals surface area (Å²) in [6.07, 6.45) is -14.6. The topological polar surface area (TPSA) is 75.6 Å². The number of aromatic nitrogens is 3. The van der Waals surface area contributed by atoms with Crippen molar-refractivity contribution >= 4 is 21.9 Å². The van der Waals surface area contributed by atoms with Crippen molar-refractivity contribution in [2.45, 2.75) is 52.1 Å². The monoisotopic (exact) mass is 966 g/mol. The van der Waals surface area contributed by atoms with Crippen molar-refractivity contribution in [1.29, 1.82) is 5.26 Å². The van der Waals surface area contributed by atoms with E-state index in [4.69, 9.17) is 4.42 Å². The first-order valence-electron chi connectivity index (χ1n) is 24.8. The summed E-state index contributed by atoms with van der Waals surface area (Å²) in [5.74, 6) is 0. The van der Waals surface area contributed by atoms with Crippen molar-refractivity contribution in [3.63, 3.8) is 0 Å². The minimum atomic E-state index is -3.13. The summed E-state index contributed by atoms with van der Waals surface area (Å²) in [5.41, 5.74) is 2.53. The third-order valence-corrected chi connectivity index (χ3v) is 9.74. The molecule has 5 aromatic carbocycles. The summed E-state index contributed by atoms with van der Waals surface area (Å²) in [5, 5.41) is 10.9. The number of benzene rings is 5. The van der Waals surface area contributed by atoms with Crippen LogP contribution in [-0.2, 0) is 58.3 Å². The average Bonchev–Trinajstić information content (AvgIpc) is 3.74. The van der Waals surface area contributed by atoms with Gasteiger partial charge in [0.25, 0.3) is 0 Å². The van der Waals surface area contributed by atoms with Gasteiger partial charge in [0.2, 0.25) is 0 Å². The number of nitrogens with zero attached hydrogens (tertiary/aromatic N) is 4. The van der Waals surface area contributed by atoms with E-state index in [9.17, 15) is 21.7 Å². The van der Waals surface area contributed by atoms with E-state index in [0.717, 1.165) is 35.2 Å². The van der Waals surface area contributed by atoms with Crippen molar-refractivity contribution in [1.82, 2.24) is 15.0 Å². The van der Waals surface area contributed by atoms with Gasteiger partial charge in [-0.1, -0.05) is 70.6 Å². The Kier molecular flexibility index (Phi) is 8.50. The summed E-state index contributed by atoms with van der Waals surface area (Å²) < 4.78 is 119. The molecule has 4 aromatic heterocycles. The molecule has 292 valence electrons. The van der Waals surface area contributed by atoms with E-state index in [1.165, 1.54) is 24.5 Å². The summed E-state index contributed by atoms with van der Waals surface area (Å²) in [7, 11) is 0. The van der Waals surface area contributed by atoms with Gasteiger partial charge >= 0.3 is 20.1 Å². The molecule has 0 saturated carbocycles. The minimum absolute atomic E-state index is 0. The van der Waals surface area contributed by atoms with Gasteiger partial charge in [-0.2, -0.15) is 5.26 Å². The summed E-state index contributed by atoms with van der Waals surface area (Å²) in [6, 6.07) is 42.9. The van der Waals surface area contributed by atoms with Gasteiger partial charge in [0.05, 0.1) is 17.2 Å². The van der Waals surface area contributed by atoms with E-state index in [2.05, 4.69) is 39.2 Å². The molecule has 0 unspecified atom stereocenters. The zero-order valence-corrected chi connectivity index (χ0v) is 34.7. The first-order valence-corrected chi connectivity index (χ1v) is 18.8. The first kappa shape index (κ1) is 28.0. The van der Waals surface area contributed by atoms with E-state index in [1.54, 1.807) is 105 Å². The van der Waals surface area contributed by atoms with Crippen molar-refractivity contribution in [2.75, 3.05) is 0 Å². The maximum Gasteiger partial charge on any atom is 3.00 e. The molecule has 0 spiro atoms. The number of rotatable bonds is 12. The molecule has 0 radical (unpaired) electrons. The largest absolute Gasteiger partial charge is 3.00 e. The third kappa shape index (κ3) is 8.89. The van der Waals surface area contributed by atoms with E-state index in [-0.39, 0.29) is 36.8 Å². The van der Waals surface area contributed by atoms with Crippen LogP contribution in [0.1, 0.15) is 66.5 Å². The first-order chi connectivity index (χ1) is 33.5. The number of hydrogen-bond acceptors (Lipinski definition) is 5. The molecule has 6 heteroatoms. The molecule has 0 saturated heterocycles. The molecule has 0 aliphatic carbocycles. The summed E-state index contributed by atoms with van der Waals surface area (Å²) in [6.45, 7) is 3.19. The fraction of sp³-hybridized carbons (Fsp3) is 0.148. The molecule has 5 nitrogen and oxygen atoms in total. The smallest absolute Gasteiger partial charge is 0.501 e. The van der Waals surface area contributed by atoms with Gasteiger partial charge < -0.3 is 19.4 Å². The van der Waals surface area contributed by atoms with Gasteiger partial charge in [-0.15, -0.1) is 90.0 Å². The van der Waals surface area contributed by atoms with E-state index in [1.807, 2.05) is 0 Å². The van der Waals surface area contributed by atoms with Gasteiger partial charge in [0, 0.05) is 40.4 Å². The van der Waals surface area contributed by atoms with Crippen molar-refractivity contribution in [3.05, 3.63) is 208 Å². The van der Waals surface area contributed by atoms with Crippen LogP contribution in [0.5, 0.6) is 0 Å². The molecule has 0 aliphatic rings. The summed E-state index contributed by atoms with van der Waals surface area (Å²) in [4.78, 5) is 13.4. The minimum Gasteiger partial charge on any atom is -0.501 e. The quantitative estimate of drug-likeness (QED) is 0.114. The maximum atomic E-state index is 9.51. The standard InChI is InChI=1S/C54H41N4O.Ir/c1-36-26-51(43-10-5-3-6-11-43)57-34-45(36)22-18-40-28-39(29-41(30-40)19-23-46-35-58-52(27-37(46)2)44-12-7-4-8-13-44)17-16-38-21-25-50(56-33-38)49-15-9-14-48-47-24-20-42(32-55)31-53(47)59-54(48)49;/h3-10,12,14,20-21,24-31,33-35H,16-19,22-23H2,1-2H3;/q-3;+3/i16D2,17D2,18D2,19D2,22D2,23D2;. The van der Waals surface area contributed by atoms with Gasteiger partial charge in [0.1, 0.15) is 5.58 Å². The summed E-state index contributed by atoms with van der Waals surface area (Å²) >= 11 is 0. The predicted octanol–water partition coefficient (Wildman–Crippen LogP) is 12.0. The van der Waals surface area contributed by atoms with Crippen LogP contribution < -0.4 is 0 Å². The van der Waals surface area contributed by atoms with Gasteiger partial charge in [0.15, 0.2) is 0 Å². The molecule has 0 bridgehead atoms. The molecule has 9 rings (SSSR count). The van der Waals surface area contributed by atoms with E-state index < -0.39 is 54.9 Å². The predicted molar refractivity (Wildman–Crippen MR) is 236 cm³/mol. The zero-order chi connectivity index (χ0) is 50.9. The van der Waals surface area contributed by atoms with E-state index in [0.29, 0.717) is 61.6 Å². The Morgan fingerprint density at radius 1 is 0.567 bits per heavy atom. The molecule has 0 N–H and O–H groups in total. The van der Waals surface area contributed by atoms with Crippen LogP contribution in [0.4, 0.5) is 0 Å². The SMILES string of the molecule is [2H]C([2H])(c1ccc(-c2[c-]ccc3c2oc2cc(C#N)ccc23)nc1)C([2H])([2H])c1cc(C([2H])([2H])C([2H])([2H])c2cnc(-c3[c-]cccc3)cc2C)cc(C([2H])([2H])C([2H])([2H])c2cnc(-c3[c-]cccc3)cc2C)c1.[Ir+3]. The molecule has 9 aromatic rings. The van der Waals surface area contributed by atoms with Crippen LogP contribution in [0, 0.1) is 43.4 Å². The molecule has 0 aliphatic heterocycles. The zero-order valence-electron chi connectivity index (χ0n) is 44.3. The molecule has 0 amide bonds. The molecule has 60 heavy (non-hydrogen) atoms. The number of pyridine rings is 3. The molecular formula is C54H41IrN4O. The van der Waals surface area contributed by atoms with Crippen molar-refractivity contribution in [2.24, 2.45) is 0 Å². The van der Waals surface area contributed by atoms with Crippen LogP contribution in [0.25, 0.3) is 55.7 Å². The fourth-order valence-electron chi connectivity index (χ4n) is 6.66. The van der Waals surface area contributed by atoms with E-state index >= 15 is 0 Å². The van der Waals surface area contributed by atoms with Crippen LogP contribution in [-0.4, -0.2) is 15.0 Å². The molecule has 0 atom stereocenters. The van der Waals surface area contributed by atoms with Gasteiger partial charge in [-0.3, -0.25) is 0 Å². The Hall–Kier alpha value is -6.51. The maximum absolute atomic E-state index is 9.51. The number of fused-ring (bicyclic) bond motifs is 3. The van der Waals surface area contributed by atoms with Crippen LogP contribution >= 0.6 is 0 Å². The molecule has 4 heterocycles. The number of aryl methyl sites for hydroxylation is 8. The average molecular weight is 966 g/mol. The Morgan fingerprint density at radius 3 is 1.68 bits per heavy atom. The van der Waals surface area contributed by atoms with Gasteiger partial charge in [-0.05, 0) is 115 Å². The second-order valence-corrected chi connectivity index (χ2v) is 13.8. The second-order valence-electron chi connectivity index (χ2n) is 13.8. The molecule has 0 fully saturated rings. The second kappa shape index (κ2) is 18.2. The number of furan rings is 1. The van der Waals surface area contributed by atoms with Crippen molar-refractivity contribution in [3.8, 4) is 39.8 Å². The third-order valence-electron chi connectivity index (χ3n) is 9.74. The Labute approximate surface area is 382 Å². The van der Waals surface area contributed by atoms with Crippen molar-refractivity contribution < 1.29 is 41.0 Å². The van der Waals surface area contributed by atoms with Gasteiger partial charge in [-0.25, -0.2) is 0 Å². The van der Waals surface area contributed by atoms with Crippen LogP contribution in [0.3, 0.4) is 0 Å². The number of nitriles is 1. The van der Waals surface area contributed by atoms with Crippen LogP contribution in [0.2, 0.25) is 0 Å². The number of hydrogen-bond donors (Lipinski definition) is 0. The van der Waals surface area contributed by atoms with Crippen LogP contribution in [0.15, 0.2) is 144 Å². The normalized spacial score (nSPS) is 15.5. The Bertz CT molecular complexity index is 3410. The Morgan fingerprint density at radius 2 is 1.15 bits per heavy atom. The fourth-order valence-corrected chi connectivity index (χ4v) is 6.66. The Balaban J connectivity index is 0.00000693. The molecular weight excluding hydrogens is 913 g/mol.